The summed E-state index contributed by atoms with van der Waals surface area (Å²) in [6, 6.07) is 11.4. The van der Waals surface area contributed by atoms with Crippen LogP contribution in [0.1, 0.15) is 0 Å². The predicted molar refractivity (Wildman–Crippen MR) is 77.4 cm³/mol. The van der Waals surface area contributed by atoms with Crippen LogP contribution in [0.25, 0.3) is 27.7 Å². The molecular weight excluding hydrogens is 268 g/mol. The third kappa shape index (κ3) is 1.62. The van der Waals surface area contributed by atoms with Crippen molar-refractivity contribution in [1.82, 2.24) is 19.3 Å². The number of hydrogen-bond acceptors (Lipinski definition) is 4. The monoisotopic (exact) mass is 278 g/mol. The first-order chi connectivity index (χ1) is 10.3. The predicted octanol–water partition coefficient (Wildman–Crippen LogP) is 1.95. The summed E-state index contributed by atoms with van der Waals surface area (Å²) in [6.45, 7) is 0. The van der Waals surface area contributed by atoms with Gasteiger partial charge in [0.15, 0.2) is 5.65 Å². The van der Waals surface area contributed by atoms with E-state index in [2.05, 4.69) is 10.1 Å². The Balaban J connectivity index is 2.10. The van der Waals surface area contributed by atoms with E-state index in [1.165, 1.54) is 12.4 Å². The van der Waals surface area contributed by atoms with E-state index in [-0.39, 0.29) is 0 Å². The highest BCUT2D eigenvalue weighted by molar-refractivity contribution is 5.84. The zero-order valence-corrected chi connectivity index (χ0v) is 10.8. The number of nitrogens with zero attached hydrogens (tertiary/aromatic N) is 4. The van der Waals surface area contributed by atoms with E-state index in [0.717, 1.165) is 11.1 Å². The molecule has 0 aliphatic carbocycles. The molecule has 6 nitrogen and oxygen atoms in total. The zero-order valence-electron chi connectivity index (χ0n) is 10.8. The van der Waals surface area contributed by atoms with Crippen LogP contribution < -0.4 is 5.56 Å². The number of fused-ring (bicyclic) bond motifs is 3. The summed E-state index contributed by atoms with van der Waals surface area (Å²) in [7, 11) is 0. The van der Waals surface area contributed by atoms with Crippen molar-refractivity contribution in [3.8, 4) is 11.1 Å². The van der Waals surface area contributed by atoms with Gasteiger partial charge in [0.05, 0.1) is 17.1 Å². The molecule has 6 heteroatoms. The van der Waals surface area contributed by atoms with Gasteiger partial charge in [0.1, 0.15) is 0 Å². The van der Waals surface area contributed by atoms with Crippen LogP contribution in [0.5, 0.6) is 0 Å². The van der Waals surface area contributed by atoms with E-state index in [0.29, 0.717) is 21.3 Å². The summed E-state index contributed by atoms with van der Waals surface area (Å²) in [5.41, 5.74) is 2.67. The van der Waals surface area contributed by atoms with Gasteiger partial charge < -0.3 is 5.21 Å². The molecule has 0 aliphatic rings. The number of hydrogen-bond donors (Lipinski definition) is 1. The van der Waals surface area contributed by atoms with Gasteiger partial charge in [0.2, 0.25) is 0 Å². The maximum absolute atomic E-state index is 11.9. The van der Waals surface area contributed by atoms with Crippen molar-refractivity contribution in [3.63, 3.8) is 0 Å². The fraction of sp³-hybridized carbons (Fsp3) is 0. The minimum Gasteiger partial charge on any atom is -0.425 e. The van der Waals surface area contributed by atoms with Crippen LogP contribution in [0.15, 0.2) is 59.8 Å². The third-order valence-corrected chi connectivity index (χ3v) is 3.46. The van der Waals surface area contributed by atoms with Crippen molar-refractivity contribution in [2.75, 3.05) is 0 Å². The Bertz CT molecular complexity index is 1020. The fourth-order valence-electron chi connectivity index (χ4n) is 2.43. The molecule has 4 aromatic rings. The molecule has 0 fully saturated rings. The molecule has 21 heavy (non-hydrogen) atoms. The van der Waals surface area contributed by atoms with Crippen molar-refractivity contribution in [2.24, 2.45) is 0 Å². The summed E-state index contributed by atoms with van der Waals surface area (Å²) >= 11 is 0. The number of benzene rings is 1. The molecule has 0 radical (unpaired) electrons. The topological polar surface area (TPSA) is 72.4 Å². The van der Waals surface area contributed by atoms with Gasteiger partial charge >= 0.3 is 0 Å². The molecule has 4 rings (SSSR count). The average Bonchev–Trinajstić information content (AvgIpc) is 2.96. The Labute approximate surface area is 118 Å². The van der Waals surface area contributed by atoms with Gasteiger partial charge in [-0.15, -0.1) is 0 Å². The second-order valence-electron chi connectivity index (χ2n) is 4.68. The van der Waals surface area contributed by atoms with Gasteiger partial charge in [-0.2, -0.15) is 9.83 Å². The Morgan fingerprint density at radius 1 is 1.05 bits per heavy atom. The Morgan fingerprint density at radius 2 is 1.86 bits per heavy atom. The fourth-order valence-corrected chi connectivity index (χ4v) is 2.43. The summed E-state index contributed by atoms with van der Waals surface area (Å²) in [4.78, 5) is 16.2. The van der Waals surface area contributed by atoms with Crippen LogP contribution in [0, 0.1) is 0 Å². The summed E-state index contributed by atoms with van der Waals surface area (Å²) in [6.07, 6.45) is 4.49. The van der Waals surface area contributed by atoms with E-state index in [1.54, 1.807) is 16.8 Å². The lowest BCUT2D eigenvalue weighted by molar-refractivity contribution is 0.176. The molecule has 1 aromatic carbocycles. The lowest BCUT2D eigenvalue weighted by Crippen LogP contribution is -2.17. The lowest BCUT2D eigenvalue weighted by Gasteiger charge is -2.03. The highest BCUT2D eigenvalue weighted by atomic mass is 16.5. The molecule has 0 bridgehead atoms. The molecule has 3 aromatic heterocycles. The normalized spacial score (nSPS) is 11.2. The van der Waals surface area contributed by atoms with Crippen molar-refractivity contribution in [3.05, 3.63) is 65.3 Å². The standard InChI is InChI=1S/C15H10N4O2/c20-15-12-8-16-14-11(10-4-2-1-3-5-10)9-17-19(14)13(12)6-7-18(15)21/h1-9,21H. The Hall–Kier alpha value is -3.15. The maximum atomic E-state index is 11.9. The van der Waals surface area contributed by atoms with E-state index in [9.17, 15) is 10.0 Å². The quantitative estimate of drug-likeness (QED) is 0.540. The molecule has 0 unspecified atom stereocenters. The second kappa shape index (κ2) is 4.17. The molecule has 0 amide bonds. The van der Waals surface area contributed by atoms with Crippen LogP contribution in [-0.2, 0) is 0 Å². The van der Waals surface area contributed by atoms with Crippen molar-refractivity contribution in [2.45, 2.75) is 0 Å². The van der Waals surface area contributed by atoms with Crippen LogP contribution in [0.2, 0.25) is 0 Å². The SMILES string of the molecule is O=c1c2cnc3c(-c4ccccc4)cnn3c2ccn1O. The molecule has 0 saturated carbocycles. The van der Waals surface area contributed by atoms with Crippen molar-refractivity contribution in [1.29, 1.82) is 0 Å². The third-order valence-electron chi connectivity index (χ3n) is 3.46. The van der Waals surface area contributed by atoms with Gasteiger partial charge in [-0.3, -0.25) is 4.79 Å². The molecule has 102 valence electrons. The Kier molecular flexibility index (Phi) is 2.32. The van der Waals surface area contributed by atoms with Crippen LogP contribution in [0.4, 0.5) is 0 Å². The van der Waals surface area contributed by atoms with Gasteiger partial charge in [-0.1, -0.05) is 30.3 Å². The number of rotatable bonds is 1. The molecule has 0 atom stereocenters. The maximum Gasteiger partial charge on any atom is 0.293 e. The highest BCUT2D eigenvalue weighted by Crippen LogP contribution is 2.24. The molecular formula is C15H10N4O2. The lowest BCUT2D eigenvalue weighted by atomic mass is 10.1. The van der Waals surface area contributed by atoms with E-state index in [1.807, 2.05) is 30.3 Å². The van der Waals surface area contributed by atoms with Crippen molar-refractivity contribution < 1.29 is 5.21 Å². The largest absolute Gasteiger partial charge is 0.425 e. The number of pyridine rings is 1. The van der Waals surface area contributed by atoms with Gasteiger partial charge in [-0.25, -0.2) is 9.50 Å². The molecule has 0 saturated heterocycles. The number of aromatic nitrogens is 4. The van der Waals surface area contributed by atoms with E-state index >= 15 is 0 Å². The molecule has 1 N–H and O–H groups in total. The van der Waals surface area contributed by atoms with Crippen LogP contribution in [0.3, 0.4) is 0 Å². The van der Waals surface area contributed by atoms with Gasteiger partial charge in [0.25, 0.3) is 5.56 Å². The summed E-state index contributed by atoms with van der Waals surface area (Å²) in [5.74, 6) is 0. The Morgan fingerprint density at radius 3 is 2.67 bits per heavy atom. The minimum atomic E-state index is -0.515. The first-order valence-corrected chi connectivity index (χ1v) is 6.38. The first kappa shape index (κ1) is 11.7. The average molecular weight is 278 g/mol. The zero-order chi connectivity index (χ0) is 14.4. The molecule has 0 aliphatic heterocycles. The van der Waals surface area contributed by atoms with Gasteiger partial charge in [-0.05, 0) is 11.6 Å². The summed E-state index contributed by atoms with van der Waals surface area (Å²) in [5, 5.41) is 14.1. The van der Waals surface area contributed by atoms with Gasteiger partial charge in [0, 0.05) is 18.0 Å². The first-order valence-electron chi connectivity index (χ1n) is 6.38. The second-order valence-corrected chi connectivity index (χ2v) is 4.68. The van der Waals surface area contributed by atoms with Crippen LogP contribution in [-0.4, -0.2) is 24.5 Å². The molecule has 3 heterocycles. The van der Waals surface area contributed by atoms with Crippen LogP contribution >= 0.6 is 0 Å². The molecule has 0 spiro atoms. The summed E-state index contributed by atoms with van der Waals surface area (Å²) < 4.78 is 2.15. The van der Waals surface area contributed by atoms with Crippen molar-refractivity contribution >= 4 is 16.6 Å². The highest BCUT2D eigenvalue weighted by Gasteiger charge is 2.12. The van der Waals surface area contributed by atoms with E-state index in [4.69, 9.17) is 0 Å². The minimum absolute atomic E-state index is 0.315. The van der Waals surface area contributed by atoms with E-state index < -0.39 is 5.56 Å². The smallest absolute Gasteiger partial charge is 0.293 e.